The van der Waals surface area contributed by atoms with E-state index >= 15 is 0 Å². The lowest BCUT2D eigenvalue weighted by molar-refractivity contribution is 0.294. The van der Waals surface area contributed by atoms with E-state index in [1.54, 1.807) is 12.5 Å². The van der Waals surface area contributed by atoms with E-state index in [2.05, 4.69) is 25.6 Å². The molecule has 1 unspecified atom stereocenters. The predicted octanol–water partition coefficient (Wildman–Crippen LogP) is 2.38. The highest BCUT2D eigenvalue weighted by molar-refractivity contribution is 8.00. The van der Waals surface area contributed by atoms with Gasteiger partial charge in [-0.3, -0.25) is 0 Å². The zero-order valence-corrected chi connectivity index (χ0v) is 11.5. The smallest absolute Gasteiger partial charge is 0.163 e. The molecule has 1 aliphatic rings. The largest absolute Gasteiger partial charge is 0.491 e. The van der Waals surface area contributed by atoms with E-state index in [1.165, 1.54) is 4.90 Å². The Labute approximate surface area is 120 Å². The molecule has 20 heavy (non-hydrogen) atoms. The molecule has 0 amide bonds. The minimum Gasteiger partial charge on any atom is -0.491 e. The third kappa shape index (κ3) is 2.02. The molecule has 0 fully saturated rings. The van der Waals surface area contributed by atoms with Gasteiger partial charge >= 0.3 is 0 Å². The predicted molar refractivity (Wildman–Crippen MR) is 76.9 cm³/mol. The van der Waals surface area contributed by atoms with Crippen LogP contribution in [0.1, 0.15) is 0 Å². The van der Waals surface area contributed by atoms with Crippen molar-refractivity contribution in [1.82, 2.24) is 19.5 Å². The minimum atomic E-state index is 0.359. The van der Waals surface area contributed by atoms with Gasteiger partial charge in [0.15, 0.2) is 5.65 Å². The van der Waals surface area contributed by atoms with Gasteiger partial charge in [0.2, 0.25) is 0 Å². The lowest BCUT2D eigenvalue weighted by atomic mass is 10.3. The average Bonchev–Trinajstić information content (AvgIpc) is 2.91. The number of imidazole rings is 1. The van der Waals surface area contributed by atoms with Gasteiger partial charge in [0.1, 0.15) is 24.2 Å². The lowest BCUT2D eigenvalue weighted by Gasteiger charge is -2.24. The fourth-order valence-corrected chi connectivity index (χ4v) is 3.45. The van der Waals surface area contributed by atoms with Gasteiger partial charge in [-0.05, 0) is 12.1 Å². The zero-order valence-electron chi connectivity index (χ0n) is 10.6. The molecule has 5 nitrogen and oxygen atoms in total. The summed E-state index contributed by atoms with van der Waals surface area (Å²) in [5, 5.41) is 0.359. The third-order valence-corrected chi connectivity index (χ3v) is 4.46. The first kappa shape index (κ1) is 11.7. The Bertz CT molecular complexity index is 758. The van der Waals surface area contributed by atoms with Crippen LogP contribution in [-0.4, -0.2) is 31.4 Å². The lowest BCUT2D eigenvalue weighted by Crippen LogP contribution is -2.24. The molecule has 0 saturated carbocycles. The molecule has 3 heterocycles. The van der Waals surface area contributed by atoms with Crippen molar-refractivity contribution in [2.75, 3.05) is 6.61 Å². The molecule has 0 saturated heterocycles. The fraction of sp³-hybridized carbons (Fsp3) is 0.214. The normalized spacial score (nSPS) is 17.7. The molecule has 1 atom stereocenters. The van der Waals surface area contributed by atoms with Crippen LogP contribution in [0.15, 0.2) is 48.0 Å². The van der Waals surface area contributed by atoms with Crippen molar-refractivity contribution in [2.45, 2.75) is 16.7 Å². The maximum absolute atomic E-state index is 5.81. The highest BCUT2D eigenvalue weighted by atomic mass is 32.2. The van der Waals surface area contributed by atoms with E-state index < -0.39 is 0 Å². The quantitative estimate of drug-likeness (QED) is 0.723. The van der Waals surface area contributed by atoms with Gasteiger partial charge < -0.3 is 9.30 Å². The summed E-state index contributed by atoms with van der Waals surface area (Å²) in [6, 6.07) is 8.15. The van der Waals surface area contributed by atoms with Crippen LogP contribution >= 0.6 is 11.8 Å². The maximum Gasteiger partial charge on any atom is 0.163 e. The molecule has 2 aromatic heterocycles. The molecule has 3 aromatic rings. The second-order valence-corrected chi connectivity index (χ2v) is 5.97. The number of rotatable bonds is 2. The Balaban J connectivity index is 1.59. The molecule has 4 rings (SSSR count). The second-order valence-electron chi connectivity index (χ2n) is 4.63. The van der Waals surface area contributed by atoms with Gasteiger partial charge in [-0.2, -0.15) is 0 Å². The Hall–Kier alpha value is -2.08. The Morgan fingerprint density at radius 3 is 3.25 bits per heavy atom. The van der Waals surface area contributed by atoms with E-state index in [0.717, 1.165) is 23.5 Å². The third-order valence-electron chi connectivity index (χ3n) is 3.25. The topological polar surface area (TPSA) is 52.8 Å². The first-order valence-corrected chi connectivity index (χ1v) is 7.27. The van der Waals surface area contributed by atoms with E-state index in [4.69, 9.17) is 4.74 Å². The van der Waals surface area contributed by atoms with E-state index in [9.17, 15) is 0 Å². The molecular formula is C14H12N4OS. The molecule has 0 radical (unpaired) electrons. The number of hydrogen-bond acceptors (Lipinski definition) is 5. The molecule has 1 aromatic carbocycles. The Morgan fingerprint density at radius 2 is 2.25 bits per heavy atom. The second kappa shape index (κ2) is 4.79. The van der Waals surface area contributed by atoms with Crippen molar-refractivity contribution < 1.29 is 4.74 Å². The summed E-state index contributed by atoms with van der Waals surface area (Å²) in [5.41, 5.74) is 1.70. The van der Waals surface area contributed by atoms with Crippen molar-refractivity contribution in [3.63, 3.8) is 0 Å². The number of hydrogen-bond donors (Lipinski definition) is 0. The first-order chi connectivity index (χ1) is 9.90. The number of benzene rings is 1. The monoisotopic (exact) mass is 284 g/mol. The van der Waals surface area contributed by atoms with Gasteiger partial charge in [-0.1, -0.05) is 12.1 Å². The molecule has 0 bridgehead atoms. The van der Waals surface area contributed by atoms with Crippen LogP contribution in [0.4, 0.5) is 0 Å². The molecule has 1 aliphatic heterocycles. The summed E-state index contributed by atoms with van der Waals surface area (Å²) in [7, 11) is 0. The summed E-state index contributed by atoms with van der Waals surface area (Å²) < 4.78 is 7.87. The number of ether oxygens (including phenoxy) is 1. The van der Waals surface area contributed by atoms with Crippen LogP contribution in [0.3, 0.4) is 0 Å². The highest BCUT2D eigenvalue weighted by Crippen LogP contribution is 2.37. The fourth-order valence-electron chi connectivity index (χ4n) is 2.32. The van der Waals surface area contributed by atoms with Gasteiger partial charge in [-0.15, -0.1) is 11.8 Å². The van der Waals surface area contributed by atoms with Crippen LogP contribution in [0.5, 0.6) is 5.75 Å². The van der Waals surface area contributed by atoms with Crippen LogP contribution < -0.4 is 4.74 Å². The van der Waals surface area contributed by atoms with Gasteiger partial charge in [0, 0.05) is 11.4 Å². The molecular weight excluding hydrogens is 272 g/mol. The number of aromatic nitrogens is 4. The highest BCUT2D eigenvalue weighted by Gasteiger charge is 2.21. The van der Waals surface area contributed by atoms with Crippen molar-refractivity contribution in [1.29, 1.82) is 0 Å². The summed E-state index contributed by atoms with van der Waals surface area (Å²) in [6.07, 6.45) is 5.11. The van der Waals surface area contributed by atoms with Crippen molar-refractivity contribution in [3.05, 3.63) is 43.1 Å². The van der Waals surface area contributed by atoms with Crippen LogP contribution in [0.25, 0.3) is 11.2 Å². The van der Waals surface area contributed by atoms with Crippen LogP contribution in [0, 0.1) is 0 Å². The van der Waals surface area contributed by atoms with E-state index in [1.807, 2.05) is 36.3 Å². The van der Waals surface area contributed by atoms with Gasteiger partial charge in [0.05, 0.1) is 17.8 Å². The van der Waals surface area contributed by atoms with Crippen LogP contribution in [0.2, 0.25) is 0 Å². The standard InChI is InChI=1S/C14H12N4OS/c1-2-4-13-12(3-1)19-7-10(20-13)6-18-9-17-11-5-15-8-16-14(11)18/h1-5,8-10H,6-7H2. The molecule has 0 N–H and O–H groups in total. The average molecular weight is 284 g/mol. The summed E-state index contributed by atoms with van der Waals surface area (Å²) >= 11 is 1.85. The molecule has 0 aliphatic carbocycles. The van der Waals surface area contributed by atoms with E-state index in [-0.39, 0.29) is 0 Å². The van der Waals surface area contributed by atoms with Gasteiger partial charge in [-0.25, -0.2) is 15.0 Å². The summed E-state index contributed by atoms with van der Waals surface area (Å²) in [6.45, 7) is 1.53. The molecule has 0 spiro atoms. The minimum absolute atomic E-state index is 0.359. The summed E-state index contributed by atoms with van der Waals surface area (Å²) in [4.78, 5) is 13.8. The SMILES string of the molecule is c1ccc2c(c1)OCC(Cn1cnc3cncnc31)S2. The van der Waals surface area contributed by atoms with Crippen molar-refractivity contribution in [3.8, 4) is 5.75 Å². The summed E-state index contributed by atoms with van der Waals surface area (Å²) in [5.74, 6) is 0.978. The number of thioether (sulfide) groups is 1. The zero-order chi connectivity index (χ0) is 13.4. The molecule has 100 valence electrons. The first-order valence-electron chi connectivity index (χ1n) is 6.39. The Kier molecular flexibility index (Phi) is 2.81. The Morgan fingerprint density at radius 1 is 1.30 bits per heavy atom. The van der Waals surface area contributed by atoms with Crippen molar-refractivity contribution >= 4 is 22.9 Å². The van der Waals surface area contributed by atoms with Crippen molar-refractivity contribution in [2.24, 2.45) is 0 Å². The molecule has 6 heteroatoms. The van der Waals surface area contributed by atoms with Gasteiger partial charge in [0.25, 0.3) is 0 Å². The van der Waals surface area contributed by atoms with Crippen LogP contribution in [-0.2, 0) is 6.54 Å². The van der Waals surface area contributed by atoms with E-state index in [0.29, 0.717) is 11.9 Å². The number of nitrogens with zero attached hydrogens (tertiary/aromatic N) is 4. The number of fused-ring (bicyclic) bond motifs is 2. The number of para-hydroxylation sites is 1. The maximum atomic E-state index is 5.81.